The molecule has 2 aromatic carbocycles. The summed E-state index contributed by atoms with van der Waals surface area (Å²) >= 11 is 1.54. The molecule has 3 heterocycles. The van der Waals surface area contributed by atoms with Crippen LogP contribution in [0.1, 0.15) is 16.8 Å². The van der Waals surface area contributed by atoms with Gasteiger partial charge in [0.25, 0.3) is 5.91 Å². The Morgan fingerprint density at radius 3 is 2.47 bits per heavy atom. The van der Waals surface area contributed by atoms with Crippen molar-refractivity contribution in [2.45, 2.75) is 25.0 Å². The molecule has 0 N–H and O–H groups in total. The average Bonchev–Trinajstić information content (AvgIpc) is 2.87. The monoisotopic (exact) mass is 477 g/mol. The van der Waals surface area contributed by atoms with Crippen LogP contribution < -0.4 is 9.80 Å². The number of rotatable bonds is 4. The number of benzene rings is 2. The Hall–Kier alpha value is -3.13. The minimum absolute atomic E-state index is 0.455. The largest absolute Gasteiger partial charge is 0.365 e. The molecule has 1 fully saturated rings. The summed E-state index contributed by atoms with van der Waals surface area (Å²) in [7, 11) is 0. The lowest BCUT2D eigenvalue weighted by Gasteiger charge is -2.38. The van der Waals surface area contributed by atoms with Crippen molar-refractivity contribution in [2.24, 2.45) is 0 Å². The van der Waals surface area contributed by atoms with Gasteiger partial charge >= 0.3 is 0 Å². The van der Waals surface area contributed by atoms with Gasteiger partial charge in [-0.2, -0.15) is 0 Å². The normalized spacial score (nSPS) is 16.0. The summed E-state index contributed by atoms with van der Waals surface area (Å²) in [6, 6.07) is 12.9. The molecule has 1 amide bonds. The molecule has 2 aliphatic heterocycles. The maximum absolute atomic E-state index is 13.3. The molecule has 0 bridgehead atoms. The van der Waals surface area contributed by atoms with Crippen LogP contribution in [0.3, 0.4) is 0 Å². The van der Waals surface area contributed by atoms with Crippen LogP contribution in [-0.4, -0.2) is 59.8 Å². The lowest BCUT2D eigenvalue weighted by Crippen LogP contribution is -2.49. The fraction of sp³-hybridized carbons (Fsp3) is 0.346. The molecule has 0 unspecified atom stereocenters. The molecular weight excluding hydrogens is 449 g/mol. The van der Waals surface area contributed by atoms with Crippen LogP contribution in [0.15, 0.2) is 54.0 Å². The molecule has 0 radical (unpaired) electrons. The van der Waals surface area contributed by atoms with Crippen LogP contribution in [-0.2, 0) is 17.8 Å². The Kier molecular flexibility index (Phi) is 6.16. The Balaban J connectivity index is 1.44. The van der Waals surface area contributed by atoms with E-state index in [0.29, 0.717) is 26.2 Å². The lowest BCUT2D eigenvalue weighted by molar-refractivity contribution is -0.128. The highest BCUT2D eigenvalue weighted by atomic mass is 32.2. The van der Waals surface area contributed by atoms with Gasteiger partial charge in [0.1, 0.15) is 5.82 Å². The summed E-state index contributed by atoms with van der Waals surface area (Å²) in [4.78, 5) is 27.9. The molecule has 0 aliphatic carbocycles. The minimum atomic E-state index is -0.902. The van der Waals surface area contributed by atoms with E-state index < -0.39 is 11.7 Å². The van der Waals surface area contributed by atoms with Crippen LogP contribution in [0.4, 0.5) is 15.9 Å². The summed E-state index contributed by atoms with van der Waals surface area (Å²) < 4.78 is 13.3. The number of thioether (sulfide) groups is 1. The van der Waals surface area contributed by atoms with E-state index >= 15 is 0 Å². The van der Waals surface area contributed by atoms with Crippen LogP contribution in [0, 0.1) is 6.92 Å². The fourth-order valence-corrected chi connectivity index (χ4v) is 5.39. The van der Waals surface area contributed by atoms with Gasteiger partial charge in [-0.3, -0.25) is 4.79 Å². The van der Waals surface area contributed by atoms with E-state index in [9.17, 15) is 9.18 Å². The van der Waals surface area contributed by atoms with Crippen molar-refractivity contribution < 1.29 is 9.18 Å². The summed E-state index contributed by atoms with van der Waals surface area (Å²) in [6.07, 6.45) is 2.84. The molecular formula is C26H28FN5OS. The van der Waals surface area contributed by atoms with Gasteiger partial charge in [-0.1, -0.05) is 48.7 Å². The molecule has 8 heteroatoms. The van der Waals surface area contributed by atoms with Crippen LogP contribution in [0.5, 0.6) is 0 Å². The molecule has 34 heavy (non-hydrogen) atoms. The smallest absolute Gasteiger partial charge is 0.282 e. The maximum atomic E-state index is 13.3. The van der Waals surface area contributed by atoms with E-state index in [1.54, 1.807) is 0 Å². The number of carbonyl (C=O) groups is 1. The molecule has 6 nitrogen and oxygen atoms in total. The first-order valence-corrected chi connectivity index (χ1v) is 12.7. The number of halogens is 1. The third-order valence-corrected chi connectivity index (χ3v) is 7.28. The highest BCUT2D eigenvalue weighted by Gasteiger charge is 2.29. The van der Waals surface area contributed by atoms with Crippen molar-refractivity contribution in [1.29, 1.82) is 0 Å². The van der Waals surface area contributed by atoms with E-state index in [0.717, 1.165) is 36.2 Å². The van der Waals surface area contributed by atoms with Crippen molar-refractivity contribution in [1.82, 2.24) is 14.9 Å². The third kappa shape index (κ3) is 4.11. The first-order chi connectivity index (χ1) is 16.5. The standard InChI is InChI=1S/C26H28FN5OS/c1-17-6-4-7-19-8-5-9-22(23(17)19)32-11-10-20-21(16-32)28-26(34-3)29-24(20)30-12-14-31(15-13-30)25(33)18(2)27/h4-9H,2,10-16H2,1,3H3. The van der Waals surface area contributed by atoms with Crippen molar-refractivity contribution >= 4 is 39.9 Å². The number of hydrogen-bond donors (Lipinski definition) is 0. The number of aromatic nitrogens is 2. The number of fused-ring (bicyclic) bond motifs is 2. The number of amides is 1. The second kappa shape index (κ2) is 9.25. The zero-order valence-electron chi connectivity index (χ0n) is 19.6. The highest BCUT2D eigenvalue weighted by molar-refractivity contribution is 7.98. The number of anilines is 2. The summed E-state index contributed by atoms with van der Waals surface area (Å²) in [6.45, 7) is 9.06. The topological polar surface area (TPSA) is 52.6 Å². The van der Waals surface area contributed by atoms with Gasteiger partial charge in [0.15, 0.2) is 11.0 Å². The van der Waals surface area contributed by atoms with Gasteiger partial charge in [-0.25, -0.2) is 14.4 Å². The Bertz CT molecular complexity index is 1270. The third-order valence-electron chi connectivity index (χ3n) is 6.74. The maximum Gasteiger partial charge on any atom is 0.282 e. The van der Waals surface area contributed by atoms with Crippen molar-refractivity contribution in [3.05, 3.63) is 65.6 Å². The second-order valence-corrected chi connectivity index (χ2v) is 9.54. The van der Waals surface area contributed by atoms with Gasteiger partial charge in [0, 0.05) is 49.4 Å². The van der Waals surface area contributed by atoms with Crippen molar-refractivity contribution in [3.8, 4) is 0 Å². The zero-order chi connectivity index (χ0) is 23.8. The van der Waals surface area contributed by atoms with Gasteiger partial charge in [-0.05, 0) is 36.6 Å². The first kappa shape index (κ1) is 22.7. The molecule has 176 valence electrons. The van der Waals surface area contributed by atoms with Crippen LogP contribution in [0.25, 0.3) is 10.8 Å². The first-order valence-electron chi connectivity index (χ1n) is 11.5. The average molecular weight is 478 g/mol. The van der Waals surface area contributed by atoms with E-state index in [-0.39, 0.29) is 0 Å². The molecule has 0 atom stereocenters. The fourth-order valence-electron chi connectivity index (χ4n) is 5.01. The van der Waals surface area contributed by atoms with E-state index in [2.05, 4.69) is 59.7 Å². The summed E-state index contributed by atoms with van der Waals surface area (Å²) in [5, 5.41) is 3.29. The number of hydrogen-bond acceptors (Lipinski definition) is 6. The molecule has 5 rings (SSSR count). The van der Waals surface area contributed by atoms with E-state index in [1.807, 2.05) is 6.26 Å². The highest BCUT2D eigenvalue weighted by Crippen LogP contribution is 2.35. The quantitative estimate of drug-likeness (QED) is 0.316. The predicted octanol–water partition coefficient (Wildman–Crippen LogP) is 4.35. The molecule has 2 aliphatic rings. The van der Waals surface area contributed by atoms with Gasteiger partial charge in [0.05, 0.1) is 12.2 Å². The van der Waals surface area contributed by atoms with Gasteiger partial charge in [0.2, 0.25) is 0 Å². The van der Waals surface area contributed by atoms with Crippen molar-refractivity contribution in [2.75, 3.05) is 48.8 Å². The predicted molar refractivity (Wildman–Crippen MR) is 136 cm³/mol. The molecule has 1 saturated heterocycles. The van der Waals surface area contributed by atoms with E-state index in [4.69, 9.17) is 9.97 Å². The lowest BCUT2D eigenvalue weighted by atomic mass is 9.99. The Morgan fingerprint density at radius 2 is 1.76 bits per heavy atom. The van der Waals surface area contributed by atoms with Crippen LogP contribution >= 0.6 is 11.8 Å². The number of nitrogens with zero attached hydrogens (tertiary/aromatic N) is 5. The summed E-state index contributed by atoms with van der Waals surface area (Å²) in [5.74, 6) is -0.564. The minimum Gasteiger partial charge on any atom is -0.365 e. The van der Waals surface area contributed by atoms with Crippen LogP contribution in [0.2, 0.25) is 0 Å². The second-order valence-electron chi connectivity index (χ2n) is 8.77. The molecule has 0 saturated carbocycles. The number of aryl methyl sites for hydroxylation is 1. The van der Waals surface area contributed by atoms with Gasteiger partial charge in [-0.15, -0.1) is 0 Å². The van der Waals surface area contributed by atoms with Gasteiger partial charge < -0.3 is 14.7 Å². The Morgan fingerprint density at radius 1 is 1.03 bits per heavy atom. The Labute approximate surface area is 203 Å². The SMILES string of the molecule is C=C(F)C(=O)N1CCN(c2nc(SC)nc3c2CCN(c2cccc4cccc(C)c24)C3)CC1. The molecule has 0 spiro atoms. The number of piperazine rings is 1. The van der Waals surface area contributed by atoms with E-state index in [1.165, 1.54) is 44.2 Å². The molecule has 3 aromatic rings. The number of carbonyl (C=O) groups excluding carboxylic acids is 1. The summed E-state index contributed by atoms with van der Waals surface area (Å²) in [5.41, 5.74) is 4.75. The molecule has 1 aromatic heterocycles. The van der Waals surface area contributed by atoms with Crippen molar-refractivity contribution in [3.63, 3.8) is 0 Å². The zero-order valence-corrected chi connectivity index (χ0v) is 20.4.